The number of carbonyl (C=O) groups excluding carboxylic acids is 1. The molecule has 4 aliphatic heterocycles. The van der Waals surface area contributed by atoms with E-state index >= 15 is 0 Å². The number of rotatable bonds is 14. The molecule has 4 saturated heterocycles. The molecule has 12 unspecified atom stereocenters. The highest BCUT2D eigenvalue weighted by molar-refractivity contribution is 5.81. The van der Waals surface area contributed by atoms with Crippen LogP contribution in [-0.2, 0) is 42.7 Å². The molecule has 3 aliphatic carbocycles. The zero-order chi connectivity index (χ0) is 48.4. The van der Waals surface area contributed by atoms with Crippen molar-refractivity contribution in [2.75, 3.05) is 26.9 Å². The summed E-state index contributed by atoms with van der Waals surface area (Å²) in [5.74, 6) is -1.99. The van der Waals surface area contributed by atoms with Gasteiger partial charge in [-0.05, 0) is 50.9 Å². The molecule has 24 nitrogen and oxygen atoms in total. The SMILES string of the molecule is COC1CC(C=CC(=O)OC[C@H]2O[C@@H](OC3CC4C(O[C@@H]5O[C@H](CO)[C@@H](O)[C@H](O)[C@H]5O)CC(O)CC4[OH+]C3C3CCC(O)C(O)C3)[C@H](O[C@@H]3O[C@H](CO)[C@@H](O)[C@H](O)[C@H]3O)[C@@H](O)[C@@H]2O)CCC1O. The molecule has 0 spiro atoms. The van der Waals surface area contributed by atoms with Gasteiger partial charge in [0, 0.05) is 31.9 Å². The van der Waals surface area contributed by atoms with Gasteiger partial charge in [0.05, 0.1) is 55.8 Å². The molecule has 7 aliphatic rings. The Kier molecular flexibility index (Phi) is 18.4. The van der Waals surface area contributed by atoms with Crippen LogP contribution in [0.5, 0.6) is 0 Å². The minimum Gasteiger partial charge on any atom is -0.460 e. The highest BCUT2D eigenvalue weighted by Gasteiger charge is 2.58. The first-order valence-electron chi connectivity index (χ1n) is 23.3. The molecule has 0 radical (unpaired) electrons. The first-order chi connectivity index (χ1) is 31.9. The van der Waals surface area contributed by atoms with Crippen LogP contribution in [0.1, 0.15) is 57.8 Å². The topological polar surface area (TPSA) is 387 Å². The van der Waals surface area contributed by atoms with Crippen LogP contribution in [0.15, 0.2) is 12.2 Å². The van der Waals surface area contributed by atoms with Crippen LogP contribution in [0.4, 0.5) is 0 Å². The average Bonchev–Trinajstić information content (AvgIpc) is 3.31. The Morgan fingerprint density at radius 3 is 1.81 bits per heavy atom. The van der Waals surface area contributed by atoms with Gasteiger partial charge in [-0.15, -0.1) is 0 Å². The summed E-state index contributed by atoms with van der Waals surface area (Å²) >= 11 is 0. The van der Waals surface area contributed by atoms with Crippen molar-refractivity contribution in [3.8, 4) is 0 Å². The maximum absolute atomic E-state index is 13.0. The van der Waals surface area contributed by atoms with Gasteiger partial charge in [-0.3, -0.25) is 0 Å². The summed E-state index contributed by atoms with van der Waals surface area (Å²) < 4.78 is 52.4. The number of methoxy groups -OCH3 is 1. The molecule has 27 atom stereocenters. The number of allylic oxidation sites excluding steroid dienone is 1. The third kappa shape index (κ3) is 12.0. The summed E-state index contributed by atoms with van der Waals surface area (Å²) in [5, 5.41) is 149. The van der Waals surface area contributed by atoms with Crippen molar-refractivity contribution in [3.05, 3.63) is 12.2 Å². The van der Waals surface area contributed by atoms with Crippen molar-refractivity contribution >= 4 is 5.97 Å². The average molecular weight is 972 g/mol. The van der Waals surface area contributed by atoms with Crippen LogP contribution in [0.3, 0.4) is 0 Å². The van der Waals surface area contributed by atoms with Gasteiger partial charge in [0.15, 0.2) is 31.1 Å². The fraction of sp³-hybridized carbons (Fsp3) is 0.930. The summed E-state index contributed by atoms with van der Waals surface area (Å²) in [6.07, 6.45) is -28.1. The maximum Gasteiger partial charge on any atom is 0.330 e. The van der Waals surface area contributed by atoms with Crippen molar-refractivity contribution in [1.82, 2.24) is 0 Å². The molecular formula is C43H71O24+. The maximum atomic E-state index is 13.0. The molecule has 7 fully saturated rings. The standard InChI is InChI=1S/C43H70O24/c1-59-25-8-16(2-5-21(25)48)3-7-30(50)60-15-29-33(53)36(56)40(67-42-38(58)35(55)32(52)28(14-45)65-42)43(66-29)63-26-12-19-23(61-39(26)17-4-6-20(47)22(49)9-17)10-18(46)11-24(19)62-41-37(57)34(54)31(51)27(13-44)64-41/h3,7,16-29,31-49,51-58H,2,4-6,8-15H2,1H3/p+1/t16?,17?,18?,19?,20?,21?,22?,23?,24?,25?,26?,27-,28-,29-,31-,32-,33-,34+,35+,36+,37-,38-,39?,40-,41-,42+,43-/m1/s1. The predicted octanol–water partition coefficient (Wildman–Crippen LogP) is -6.57. The van der Waals surface area contributed by atoms with Gasteiger partial charge >= 0.3 is 5.97 Å². The van der Waals surface area contributed by atoms with Crippen LogP contribution in [0.2, 0.25) is 0 Å². The predicted molar refractivity (Wildman–Crippen MR) is 220 cm³/mol. The van der Waals surface area contributed by atoms with Crippen molar-refractivity contribution < 1.29 is 119 Å². The second-order valence-corrected chi connectivity index (χ2v) is 19.2. The van der Waals surface area contributed by atoms with Crippen LogP contribution in [0, 0.1) is 17.8 Å². The Bertz CT molecular complexity index is 1590. The van der Waals surface area contributed by atoms with Gasteiger partial charge in [0.2, 0.25) is 0 Å². The second kappa shape index (κ2) is 23.3. The van der Waals surface area contributed by atoms with Crippen LogP contribution < -0.4 is 0 Å². The number of aliphatic hydroxyl groups excluding tert-OH is 14. The van der Waals surface area contributed by atoms with Crippen molar-refractivity contribution in [2.45, 2.75) is 205 Å². The minimum atomic E-state index is -1.96. The molecule has 67 heavy (non-hydrogen) atoms. The second-order valence-electron chi connectivity index (χ2n) is 19.2. The Labute approximate surface area is 386 Å². The lowest BCUT2D eigenvalue weighted by Gasteiger charge is -2.50. The summed E-state index contributed by atoms with van der Waals surface area (Å²) in [7, 11) is 1.49. The zero-order valence-electron chi connectivity index (χ0n) is 37.1. The summed E-state index contributed by atoms with van der Waals surface area (Å²) in [4.78, 5) is 13.0. The number of hydrogen-bond acceptors (Lipinski definition) is 23. The van der Waals surface area contributed by atoms with Gasteiger partial charge in [-0.1, -0.05) is 6.08 Å². The Morgan fingerprint density at radius 2 is 1.18 bits per heavy atom. The van der Waals surface area contributed by atoms with Gasteiger partial charge in [0.1, 0.15) is 86.0 Å². The van der Waals surface area contributed by atoms with Crippen molar-refractivity contribution in [3.63, 3.8) is 0 Å². The van der Waals surface area contributed by atoms with Crippen LogP contribution >= 0.6 is 0 Å². The van der Waals surface area contributed by atoms with E-state index in [1.165, 1.54) is 13.2 Å². The van der Waals surface area contributed by atoms with Crippen molar-refractivity contribution in [1.29, 1.82) is 0 Å². The summed E-state index contributed by atoms with van der Waals surface area (Å²) in [6.45, 7) is -2.15. The lowest BCUT2D eigenvalue weighted by molar-refractivity contribution is -0.390. The van der Waals surface area contributed by atoms with E-state index in [1.807, 2.05) is 0 Å². The normalized spacial score (nSPS) is 51.0. The molecule has 7 rings (SSSR count). The molecule has 3 saturated carbocycles. The Morgan fingerprint density at radius 1 is 0.582 bits per heavy atom. The Balaban J connectivity index is 1.15. The lowest BCUT2D eigenvalue weighted by atomic mass is 9.72. The molecule has 24 heteroatoms. The van der Waals surface area contributed by atoms with Gasteiger partial charge in [0.25, 0.3) is 0 Å². The minimum absolute atomic E-state index is 0.0113. The first kappa shape index (κ1) is 53.1. The molecule has 0 bridgehead atoms. The van der Waals surface area contributed by atoms with E-state index in [9.17, 15) is 76.3 Å². The fourth-order valence-electron chi connectivity index (χ4n) is 10.8. The lowest BCUT2D eigenvalue weighted by Crippen LogP contribution is -2.66. The molecular weight excluding hydrogens is 900 g/mol. The third-order valence-electron chi connectivity index (χ3n) is 14.8. The van der Waals surface area contributed by atoms with E-state index in [0.717, 1.165) is 0 Å². The van der Waals surface area contributed by atoms with Gasteiger partial charge < -0.3 is 114 Å². The zero-order valence-corrected chi connectivity index (χ0v) is 37.1. The summed E-state index contributed by atoms with van der Waals surface area (Å²) in [6, 6.07) is 0. The largest absolute Gasteiger partial charge is 0.460 e. The number of hydrogen-bond donors (Lipinski definition) is 14. The Hall–Kier alpha value is -1.67. The third-order valence-corrected chi connectivity index (χ3v) is 14.8. The van der Waals surface area contributed by atoms with E-state index in [2.05, 4.69) is 0 Å². The fourth-order valence-corrected chi connectivity index (χ4v) is 10.8. The molecule has 386 valence electrons. The number of aliphatic hydroxyl groups is 16. The smallest absolute Gasteiger partial charge is 0.330 e. The van der Waals surface area contributed by atoms with E-state index in [-0.39, 0.29) is 38.0 Å². The van der Waals surface area contributed by atoms with Gasteiger partial charge in [-0.25, -0.2) is 4.79 Å². The van der Waals surface area contributed by atoms with E-state index in [4.69, 9.17) is 42.6 Å². The molecule has 4 heterocycles. The highest BCUT2D eigenvalue weighted by Crippen LogP contribution is 2.44. The van der Waals surface area contributed by atoms with E-state index in [0.29, 0.717) is 25.7 Å². The van der Waals surface area contributed by atoms with Crippen LogP contribution in [-0.4, -0.2) is 256 Å². The molecule has 0 aromatic rings. The highest BCUT2D eigenvalue weighted by atomic mass is 16.8. The number of fused-ring (bicyclic) bond motifs is 1. The first-order valence-corrected chi connectivity index (χ1v) is 23.3. The number of carbonyl (C=O) groups is 1. The number of esters is 1. The summed E-state index contributed by atoms with van der Waals surface area (Å²) in [5.41, 5.74) is 0. The van der Waals surface area contributed by atoms with Gasteiger partial charge in [-0.2, -0.15) is 0 Å². The van der Waals surface area contributed by atoms with Crippen molar-refractivity contribution in [2.24, 2.45) is 17.8 Å². The monoisotopic (exact) mass is 971 g/mol. The van der Waals surface area contributed by atoms with Crippen LogP contribution in [0.25, 0.3) is 0 Å². The molecule has 0 amide bonds. The quantitative estimate of drug-likeness (QED) is 0.0437. The molecule has 0 aromatic heterocycles. The van der Waals surface area contributed by atoms with E-state index in [1.54, 1.807) is 6.08 Å². The molecule has 0 aromatic carbocycles. The number of ether oxygens (including phenoxy) is 9. The molecule has 15 N–H and O–H groups in total. The van der Waals surface area contributed by atoms with E-state index < -0.39 is 185 Å².